The molecule has 0 amide bonds. The van der Waals surface area contributed by atoms with Crippen molar-refractivity contribution in [1.29, 1.82) is 0 Å². The highest BCUT2D eigenvalue weighted by atomic mass is 16.5. The first-order chi connectivity index (χ1) is 14.7. The number of hydrogen-bond donors (Lipinski definition) is 0. The second kappa shape index (κ2) is 8.61. The van der Waals surface area contributed by atoms with Crippen LogP contribution in [0.4, 0.5) is 0 Å². The van der Waals surface area contributed by atoms with E-state index in [1.54, 1.807) is 33.7 Å². The van der Waals surface area contributed by atoms with Gasteiger partial charge in [-0.05, 0) is 48.0 Å². The fourth-order valence-electron chi connectivity index (χ4n) is 3.23. The topological polar surface area (TPSA) is 66.4 Å². The lowest BCUT2D eigenvalue weighted by Crippen LogP contribution is -1.97. The number of pyridine rings is 3. The number of benzene rings is 1. The molecule has 0 saturated carbocycles. The third-order valence-corrected chi connectivity index (χ3v) is 4.70. The van der Waals surface area contributed by atoms with Crippen LogP contribution < -0.4 is 14.2 Å². The molecule has 0 fully saturated rings. The van der Waals surface area contributed by atoms with Crippen molar-refractivity contribution in [2.75, 3.05) is 21.3 Å². The van der Waals surface area contributed by atoms with E-state index in [4.69, 9.17) is 19.2 Å². The van der Waals surface area contributed by atoms with E-state index in [-0.39, 0.29) is 0 Å². The molecule has 3 aromatic heterocycles. The Morgan fingerprint density at radius 3 is 1.57 bits per heavy atom. The molecule has 0 N–H and O–H groups in total. The van der Waals surface area contributed by atoms with Crippen LogP contribution in [0.3, 0.4) is 0 Å². The predicted molar refractivity (Wildman–Crippen MR) is 116 cm³/mol. The summed E-state index contributed by atoms with van der Waals surface area (Å²) in [7, 11) is 4.84. The molecule has 0 atom stereocenters. The van der Waals surface area contributed by atoms with Crippen molar-refractivity contribution in [2.24, 2.45) is 0 Å². The van der Waals surface area contributed by atoms with Crippen LogP contribution in [0.5, 0.6) is 17.2 Å². The summed E-state index contributed by atoms with van der Waals surface area (Å²) in [6, 6.07) is 19.2. The van der Waals surface area contributed by atoms with Crippen LogP contribution in [0.15, 0.2) is 73.1 Å². The highest BCUT2D eigenvalue weighted by Gasteiger charge is 2.16. The maximum absolute atomic E-state index is 5.65. The van der Waals surface area contributed by atoms with Gasteiger partial charge in [0.2, 0.25) is 0 Å². The fourth-order valence-corrected chi connectivity index (χ4v) is 3.23. The first-order valence-electron chi connectivity index (χ1n) is 9.38. The van der Waals surface area contributed by atoms with Crippen molar-refractivity contribution in [3.8, 4) is 51.2 Å². The zero-order valence-electron chi connectivity index (χ0n) is 17.0. The van der Waals surface area contributed by atoms with Gasteiger partial charge in [0, 0.05) is 24.0 Å². The molecule has 0 aliphatic carbocycles. The average Bonchev–Trinajstić information content (AvgIpc) is 2.83. The first kappa shape index (κ1) is 19.4. The largest absolute Gasteiger partial charge is 0.496 e. The summed E-state index contributed by atoms with van der Waals surface area (Å²) in [6.07, 6.45) is 3.50. The SMILES string of the molecule is COc1cc(OC)c(-c2cc(-c3ccccn3)nc(-c3ccccn3)c2)cc1OC. The number of rotatable bonds is 6. The predicted octanol–water partition coefficient (Wildman–Crippen LogP) is 4.90. The maximum atomic E-state index is 5.65. The zero-order valence-corrected chi connectivity index (χ0v) is 17.0. The third-order valence-electron chi connectivity index (χ3n) is 4.70. The zero-order chi connectivity index (χ0) is 20.9. The quantitative estimate of drug-likeness (QED) is 0.459. The van der Waals surface area contributed by atoms with Gasteiger partial charge in [-0.25, -0.2) is 4.98 Å². The Labute approximate surface area is 175 Å². The van der Waals surface area contributed by atoms with E-state index in [2.05, 4.69) is 9.97 Å². The minimum atomic E-state index is 0.599. The summed E-state index contributed by atoms with van der Waals surface area (Å²) in [6.45, 7) is 0. The van der Waals surface area contributed by atoms with Crippen LogP contribution in [0.1, 0.15) is 0 Å². The van der Waals surface area contributed by atoms with Crippen LogP contribution >= 0.6 is 0 Å². The highest BCUT2D eigenvalue weighted by Crippen LogP contribution is 2.41. The average molecular weight is 399 g/mol. The van der Waals surface area contributed by atoms with Crippen molar-refractivity contribution in [1.82, 2.24) is 15.0 Å². The van der Waals surface area contributed by atoms with Crippen molar-refractivity contribution in [2.45, 2.75) is 0 Å². The number of methoxy groups -OCH3 is 3. The minimum absolute atomic E-state index is 0.599. The van der Waals surface area contributed by atoms with Gasteiger partial charge in [-0.1, -0.05) is 12.1 Å². The summed E-state index contributed by atoms with van der Waals surface area (Å²) in [5.41, 5.74) is 4.79. The van der Waals surface area contributed by atoms with Crippen molar-refractivity contribution >= 4 is 0 Å². The molecule has 0 bridgehead atoms. The van der Waals surface area contributed by atoms with Crippen molar-refractivity contribution in [3.05, 3.63) is 73.1 Å². The van der Waals surface area contributed by atoms with Crippen LogP contribution in [0.2, 0.25) is 0 Å². The monoisotopic (exact) mass is 399 g/mol. The Morgan fingerprint density at radius 2 is 1.10 bits per heavy atom. The van der Waals surface area contributed by atoms with Crippen molar-refractivity contribution < 1.29 is 14.2 Å². The van der Waals surface area contributed by atoms with Crippen LogP contribution in [-0.2, 0) is 0 Å². The summed E-state index contributed by atoms with van der Waals surface area (Å²) in [4.78, 5) is 13.7. The van der Waals surface area contributed by atoms with E-state index >= 15 is 0 Å². The second-order valence-corrected chi connectivity index (χ2v) is 6.46. The lowest BCUT2D eigenvalue weighted by atomic mass is 10.0. The molecule has 1 aromatic carbocycles. The molecule has 30 heavy (non-hydrogen) atoms. The van der Waals surface area contributed by atoms with Gasteiger partial charge in [0.15, 0.2) is 11.5 Å². The van der Waals surface area contributed by atoms with Gasteiger partial charge in [0.05, 0.1) is 44.1 Å². The van der Waals surface area contributed by atoms with Crippen LogP contribution in [-0.4, -0.2) is 36.3 Å². The second-order valence-electron chi connectivity index (χ2n) is 6.46. The highest BCUT2D eigenvalue weighted by molar-refractivity contribution is 5.80. The van der Waals surface area contributed by atoms with Crippen LogP contribution in [0.25, 0.3) is 33.9 Å². The van der Waals surface area contributed by atoms with E-state index in [9.17, 15) is 0 Å². The van der Waals surface area contributed by atoms with E-state index in [1.165, 1.54) is 0 Å². The summed E-state index contributed by atoms with van der Waals surface area (Å²) in [5, 5.41) is 0. The van der Waals surface area contributed by atoms with Crippen molar-refractivity contribution in [3.63, 3.8) is 0 Å². The summed E-state index contributed by atoms with van der Waals surface area (Å²) in [5.74, 6) is 1.88. The number of aromatic nitrogens is 3. The van der Waals surface area contributed by atoms with Crippen LogP contribution in [0, 0.1) is 0 Å². The molecule has 0 radical (unpaired) electrons. The molecule has 6 nitrogen and oxygen atoms in total. The standard InChI is InChI=1S/C24H21N3O3/c1-28-22-15-24(30-3)23(29-2)14-17(22)16-12-20(18-8-4-6-10-25-18)27-21(13-16)19-9-5-7-11-26-19/h4-15H,1-3H3. The Kier molecular flexibility index (Phi) is 5.57. The van der Waals surface area contributed by atoms with E-state index < -0.39 is 0 Å². The molecule has 4 rings (SSSR count). The summed E-state index contributed by atoms with van der Waals surface area (Å²) >= 11 is 0. The minimum Gasteiger partial charge on any atom is -0.496 e. The molecule has 0 aliphatic rings. The van der Waals surface area contributed by atoms with Gasteiger partial charge in [-0.2, -0.15) is 0 Å². The number of ether oxygens (including phenoxy) is 3. The summed E-state index contributed by atoms with van der Waals surface area (Å²) < 4.78 is 16.6. The van der Waals surface area contributed by atoms with Gasteiger partial charge in [-0.15, -0.1) is 0 Å². The van der Waals surface area contributed by atoms with Gasteiger partial charge < -0.3 is 14.2 Å². The van der Waals surface area contributed by atoms with E-state index in [1.807, 2.05) is 60.7 Å². The Bertz CT molecular complexity index is 1090. The van der Waals surface area contributed by atoms with Gasteiger partial charge in [0.1, 0.15) is 5.75 Å². The third kappa shape index (κ3) is 3.80. The fraction of sp³-hybridized carbons (Fsp3) is 0.125. The molecule has 3 heterocycles. The van der Waals surface area contributed by atoms with E-state index in [0.717, 1.165) is 33.9 Å². The molecular weight excluding hydrogens is 378 g/mol. The molecule has 150 valence electrons. The van der Waals surface area contributed by atoms with Gasteiger partial charge in [0.25, 0.3) is 0 Å². The first-order valence-corrected chi connectivity index (χ1v) is 9.38. The molecule has 0 unspecified atom stereocenters. The smallest absolute Gasteiger partial charge is 0.164 e. The van der Waals surface area contributed by atoms with Gasteiger partial charge >= 0.3 is 0 Å². The van der Waals surface area contributed by atoms with E-state index in [0.29, 0.717) is 17.2 Å². The van der Waals surface area contributed by atoms with Gasteiger partial charge in [-0.3, -0.25) is 9.97 Å². The number of hydrogen-bond acceptors (Lipinski definition) is 6. The normalized spacial score (nSPS) is 10.5. The molecule has 0 spiro atoms. The lowest BCUT2D eigenvalue weighted by Gasteiger charge is -2.15. The molecule has 0 saturated heterocycles. The maximum Gasteiger partial charge on any atom is 0.164 e. The molecule has 6 heteroatoms. The molecule has 4 aromatic rings. The Hall–Kier alpha value is -3.93. The Morgan fingerprint density at radius 1 is 0.567 bits per heavy atom. The Balaban J connectivity index is 1.96. The number of nitrogens with zero attached hydrogens (tertiary/aromatic N) is 3. The molecule has 0 aliphatic heterocycles. The molecular formula is C24H21N3O3. The lowest BCUT2D eigenvalue weighted by molar-refractivity contribution is 0.349.